The average molecular weight is 575 g/mol. The number of carboxylic acid groups (broad SMARTS) is 1. The number of anilines is 1. The van der Waals surface area contributed by atoms with Gasteiger partial charge in [-0.1, -0.05) is 48.0 Å². The molecule has 1 atom stereocenters. The van der Waals surface area contributed by atoms with Crippen molar-refractivity contribution in [2.45, 2.75) is 32.9 Å². The number of alkyl halides is 3. The third kappa shape index (κ3) is 6.35. The highest BCUT2D eigenvalue weighted by Crippen LogP contribution is 2.43. The molecule has 0 saturated heterocycles. The highest BCUT2D eigenvalue weighted by atomic mass is 19.4. The minimum Gasteiger partial charge on any atom is -0.478 e. The number of halogens is 3. The number of aromatic carboxylic acids is 1. The zero-order valence-corrected chi connectivity index (χ0v) is 23.4. The second kappa shape index (κ2) is 11.9. The molecule has 0 heterocycles. The van der Waals surface area contributed by atoms with E-state index in [1.54, 1.807) is 43.3 Å². The first-order chi connectivity index (χ1) is 19.8. The Morgan fingerprint density at radius 2 is 1.38 bits per heavy atom. The number of carboxylic acids is 1. The first kappa shape index (κ1) is 30.0. The maximum atomic E-state index is 14.3. The fourth-order valence-corrected chi connectivity index (χ4v) is 5.03. The number of hydrogen-bond acceptors (Lipinski definition) is 3. The summed E-state index contributed by atoms with van der Waals surface area (Å²) in [5, 5.41) is 14.9. The van der Waals surface area contributed by atoms with E-state index in [0.29, 0.717) is 27.8 Å². The summed E-state index contributed by atoms with van der Waals surface area (Å²) in [7, 11) is 1.50. The summed E-state index contributed by atoms with van der Waals surface area (Å²) in [5.41, 5.74) is 3.20. The van der Waals surface area contributed by atoms with E-state index < -0.39 is 24.0 Å². The first-order valence-corrected chi connectivity index (χ1v) is 13.1. The van der Waals surface area contributed by atoms with Crippen LogP contribution in [-0.2, 0) is 0 Å². The van der Waals surface area contributed by atoms with E-state index in [2.05, 4.69) is 10.6 Å². The molecule has 42 heavy (non-hydrogen) atoms. The van der Waals surface area contributed by atoms with Gasteiger partial charge in [-0.25, -0.2) is 4.79 Å². The van der Waals surface area contributed by atoms with Crippen molar-refractivity contribution < 1.29 is 32.7 Å². The third-order valence-corrected chi connectivity index (χ3v) is 7.08. The molecule has 6 nitrogen and oxygen atoms in total. The molecular formula is C33H29F3N2O4. The summed E-state index contributed by atoms with van der Waals surface area (Å²) < 4.78 is 43.0. The SMILES string of the molecule is CNC(=O)c1cccc(-c2ccc(C(=O)O)c(C(=O)Nc3ccc(C(c4ccc(C)cc4C)C(F)(F)F)c(C)c3)c2)c1. The first-order valence-electron chi connectivity index (χ1n) is 13.1. The molecule has 0 bridgehead atoms. The Hall–Kier alpha value is -4.92. The van der Waals surface area contributed by atoms with Gasteiger partial charge < -0.3 is 15.7 Å². The van der Waals surface area contributed by atoms with Crippen LogP contribution in [0.3, 0.4) is 0 Å². The molecule has 0 radical (unpaired) electrons. The van der Waals surface area contributed by atoms with Crippen LogP contribution in [0.25, 0.3) is 11.1 Å². The van der Waals surface area contributed by atoms with Gasteiger partial charge in [0.1, 0.15) is 5.92 Å². The second-order valence-electron chi connectivity index (χ2n) is 10.1. The lowest BCUT2D eigenvalue weighted by Gasteiger charge is -2.25. The molecule has 4 aromatic carbocycles. The Labute approximate surface area is 241 Å². The molecule has 0 aliphatic carbocycles. The van der Waals surface area contributed by atoms with Gasteiger partial charge in [0.25, 0.3) is 11.8 Å². The average Bonchev–Trinajstić information content (AvgIpc) is 2.94. The van der Waals surface area contributed by atoms with Gasteiger partial charge in [-0.2, -0.15) is 13.2 Å². The molecule has 4 aromatic rings. The summed E-state index contributed by atoms with van der Waals surface area (Å²) in [4.78, 5) is 37.3. The van der Waals surface area contributed by atoms with Crippen molar-refractivity contribution in [2.75, 3.05) is 12.4 Å². The summed E-state index contributed by atoms with van der Waals surface area (Å²) in [5.74, 6) is -4.23. The Kier molecular flexibility index (Phi) is 8.51. The lowest BCUT2D eigenvalue weighted by atomic mass is 9.85. The standard InChI is InChI=1S/C33H29F3N2O4/c1-18-8-11-25(19(2)14-18)29(33(34,35)36)26-13-10-24(15-20(26)3)38-31(40)28-17-22(9-12-27(28)32(41)42)21-6-5-7-23(16-21)30(39)37-4/h5-17,29H,1-4H3,(H,37,39)(H,38,40)(H,41,42). The van der Waals surface area contributed by atoms with E-state index in [-0.39, 0.29) is 33.8 Å². The van der Waals surface area contributed by atoms with E-state index >= 15 is 0 Å². The van der Waals surface area contributed by atoms with Crippen LogP contribution in [0.4, 0.5) is 18.9 Å². The Morgan fingerprint density at radius 3 is 1.98 bits per heavy atom. The number of nitrogens with one attached hydrogen (secondary N) is 2. The largest absolute Gasteiger partial charge is 0.478 e. The van der Waals surface area contributed by atoms with Gasteiger partial charge >= 0.3 is 12.1 Å². The van der Waals surface area contributed by atoms with E-state index in [1.807, 2.05) is 6.92 Å². The molecule has 0 fully saturated rings. The molecule has 0 aromatic heterocycles. The minimum absolute atomic E-state index is 0.0525. The highest BCUT2D eigenvalue weighted by molar-refractivity contribution is 6.11. The molecule has 2 amide bonds. The van der Waals surface area contributed by atoms with Crippen LogP contribution in [0.2, 0.25) is 0 Å². The highest BCUT2D eigenvalue weighted by Gasteiger charge is 2.43. The van der Waals surface area contributed by atoms with Gasteiger partial charge in [-0.3, -0.25) is 9.59 Å². The normalized spacial score (nSPS) is 12.0. The Morgan fingerprint density at radius 1 is 0.738 bits per heavy atom. The number of aryl methyl sites for hydroxylation is 3. The minimum atomic E-state index is -4.55. The predicted molar refractivity (Wildman–Crippen MR) is 155 cm³/mol. The van der Waals surface area contributed by atoms with Gasteiger partial charge in [0.05, 0.1) is 11.1 Å². The molecule has 0 saturated carbocycles. The maximum Gasteiger partial charge on any atom is 0.399 e. The Balaban J connectivity index is 1.68. The molecule has 9 heteroatoms. The monoisotopic (exact) mass is 574 g/mol. The second-order valence-corrected chi connectivity index (χ2v) is 10.1. The van der Waals surface area contributed by atoms with Gasteiger partial charge in [0.2, 0.25) is 0 Å². The molecule has 3 N–H and O–H groups in total. The van der Waals surface area contributed by atoms with E-state index in [0.717, 1.165) is 5.56 Å². The van der Waals surface area contributed by atoms with Gasteiger partial charge in [0, 0.05) is 18.3 Å². The number of hydrogen-bond donors (Lipinski definition) is 3. The quantitative estimate of drug-likeness (QED) is 0.216. The van der Waals surface area contributed by atoms with Crippen LogP contribution < -0.4 is 10.6 Å². The summed E-state index contributed by atoms with van der Waals surface area (Å²) in [6.45, 7) is 5.00. The predicted octanol–water partition coefficient (Wildman–Crippen LogP) is 7.28. The van der Waals surface area contributed by atoms with Crippen LogP contribution in [0.5, 0.6) is 0 Å². The Bertz CT molecular complexity index is 1700. The van der Waals surface area contributed by atoms with Gasteiger partial charge in [0.15, 0.2) is 0 Å². The van der Waals surface area contributed by atoms with Crippen LogP contribution in [0, 0.1) is 20.8 Å². The van der Waals surface area contributed by atoms with Crippen molar-refractivity contribution in [3.63, 3.8) is 0 Å². The van der Waals surface area contributed by atoms with E-state index in [4.69, 9.17) is 0 Å². The molecule has 1 unspecified atom stereocenters. The third-order valence-electron chi connectivity index (χ3n) is 7.08. The lowest BCUT2D eigenvalue weighted by Crippen LogP contribution is -2.24. The van der Waals surface area contributed by atoms with Crippen molar-refractivity contribution in [1.82, 2.24) is 5.32 Å². The van der Waals surface area contributed by atoms with Crippen molar-refractivity contribution in [1.29, 1.82) is 0 Å². The van der Waals surface area contributed by atoms with Crippen LogP contribution >= 0.6 is 0 Å². The topological polar surface area (TPSA) is 95.5 Å². The van der Waals surface area contributed by atoms with Crippen LogP contribution in [-0.4, -0.2) is 36.1 Å². The van der Waals surface area contributed by atoms with Crippen molar-refractivity contribution in [3.8, 4) is 11.1 Å². The zero-order valence-electron chi connectivity index (χ0n) is 23.4. The fraction of sp³-hybridized carbons (Fsp3) is 0.182. The van der Waals surface area contributed by atoms with Crippen molar-refractivity contribution in [2.24, 2.45) is 0 Å². The molecule has 0 aliphatic heterocycles. The summed E-state index contributed by atoms with van der Waals surface area (Å²) in [6, 6.07) is 19.9. The molecule has 216 valence electrons. The summed E-state index contributed by atoms with van der Waals surface area (Å²) in [6.07, 6.45) is -4.55. The molecular weight excluding hydrogens is 545 g/mol. The molecule has 0 aliphatic rings. The maximum absolute atomic E-state index is 14.3. The number of carbonyl (C=O) groups excluding carboxylic acids is 2. The van der Waals surface area contributed by atoms with Crippen LogP contribution in [0.1, 0.15) is 64.8 Å². The molecule has 0 spiro atoms. The van der Waals surface area contributed by atoms with Crippen LogP contribution in [0.15, 0.2) is 78.9 Å². The van der Waals surface area contributed by atoms with E-state index in [1.165, 1.54) is 56.4 Å². The lowest BCUT2D eigenvalue weighted by molar-refractivity contribution is -0.141. The fourth-order valence-electron chi connectivity index (χ4n) is 5.03. The molecule has 4 rings (SSSR count). The number of benzene rings is 4. The van der Waals surface area contributed by atoms with Gasteiger partial charge in [-0.15, -0.1) is 0 Å². The smallest absolute Gasteiger partial charge is 0.399 e. The van der Waals surface area contributed by atoms with Crippen molar-refractivity contribution >= 4 is 23.5 Å². The zero-order chi connectivity index (χ0) is 30.8. The van der Waals surface area contributed by atoms with Gasteiger partial charge in [-0.05, 0) is 90.6 Å². The van der Waals surface area contributed by atoms with E-state index in [9.17, 15) is 32.7 Å². The van der Waals surface area contributed by atoms with Crippen molar-refractivity contribution in [3.05, 3.63) is 123 Å². The number of rotatable bonds is 7. The summed E-state index contributed by atoms with van der Waals surface area (Å²) >= 11 is 0. The number of amides is 2. The number of carbonyl (C=O) groups is 3.